The molecule has 0 aliphatic rings. The summed E-state index contributed by atoms with van der Waals surface area (Å²) in [4.78, 5) is 4.24. The van der Waals surface area contributed by atoms with E-state index in [4.69, 9.17) is 0 Å². The molecule has 1 N–H and O–H groups in total. The smallest absolute Gasteiger partial charge is 0.159 e. The molecule has 4 heteroatoms. The van der Waals surface area contributed by atoms with Gasteiger partial charge in [0, 0.05) is 11.9 Å². The Morgan fingerprint density at radius 3 is 2.42 bits per heavy atom. The Bertz CT molecular complexity index is 553. The Morgan fingerprint density at radius 2 is 1.84 bits per heavy atom. The van der Waals surface area contributed by atoms with E-state index in [1.165, 1.54) is 6.07 Å². The number of benzene rings is 1. The van der Waals surface area contributed by atoms with Crippen molar-refractivity contribution >= 4 is 0 Å². The minimum absolute atomic E-state index is 0.187. The number of nitrogens with one attached hydrogen (secondary N) is 1. The molecule has 2 nitrogen and oxygen atoms in total. The van der Waals surface area contributed by atoms with E-state index in [1.807, 2.05) is 26.0 Å². The lowest BCUT2D eigenvalue weighted by molar-refractivity contribution is 0.504. The van der Waals surface area contributed by atoms with Crippen molar-refractivity contribution in [3.63, 3.8) is 0 Å². The van der Waals surface area contributed by atoms with E-state index in [-0.39, 0.29) is 6.04 Å². The van der Waals surface area contributed by atoms with Gasteiger partial charge in [-0.25, -0.2) is 8.78 Å². The van der Waals surface area contributed by atoms with Crippen LogP contribution in [-0.4, -0.2) is 11.5 Å². The normalized spacial score (nSPS) is 12.4. The minimum atomic E-state index is -0.833. The van der Waals surface area contributed by atoms with Crippen LogP contribution in [-0.2, 0) is 0 Å². The summed E-state index contributed by atoms with van der Waals surface area (Å²) in [6.45, 7) is 4.59. The van der Waals surface area contributed by atoms with Crippen LogP contribution < -0.4 is 5.32 Å². The summed E-state index contributed by atoms with van der Waals surface area (Å²) in [5.74, 6) is -1.67. The van der Waals surface area contributed by atoms with Gasteiger partial charge in [-0.2, -0.15) is 0 Å². The molecule has 0 aliphatic carbocycles. The molecule has 19 heavy (non-hydrogen) atoms. The summed E-state index contributed by atoms with van der Waals surface area (Å²) in [5, 5.41) is 3.25. The maximum atomic E-state index is 13.3. The van der Waals surface area contributed by atoms with Gasteiger partial charge in [-0.1, -0.05) is 19.1 Å². The first kappa shape index (κ1) is 13.6. The number of nitrogens with zero attached hydrogens (tertiary/aromatic N) is 1. The molecule has 0 saturated heterocycles. The third-order valence-electron chi connectivity index (χ3n) is 2.95. The average molecular weight is 262 g/mol. The molecule has 1 atom stereocenters. The third-order valence-corrected chi connectivity index (χ3v) is 2.95. The van der Waals surface area contributed by atoms with Crippen molar-refractivity contribution in [1.82, 2.24) is 10.3 Å². The maximum absolute atomic E-state index is 13.3. The molecule has 0 aliphatic heterocycles. The van der Waals surface area contributed by atoms with E-state index in [2.05, 4.69) is 10.3 Å². The zero-order valence-electron chi connectivity index (χ0n) is 11.0. The lowest BCUT2D eigenvalue weighted by Crippen LogP contribution is -2.22. The molecule has 0 amide bonds. The van der Waals surface area contributed by atoms with Gasteiger partial charge in [0.15, 0.2) is 11.6 Å². The van der Waals surface area contributed by atoms with Crippen molar-refractivity contribution in [2.75, 3.05) is 6.54 Å². The van der Waals surface area contributed by atoms with Crippen molar-refractivity contribution in [3.8, 4) is 0 Å². The molecule has 1 aromatic heterocycles. The third kappa shape index (κ3) is 3.15. The monoisotopic (exact) mass is 262 g/mol. The molecule has 1 unspecified atom stereocenters. The Morgan fingerprint density at radius 1 is 1.11 bits per heavy atom. The van der Waals surface area contributed by atoms with Crippen LogP contribution in [0.3, 0.4) is 0 Å². The Balaban J connectivity index is 2.38. The lowest BCUT2D eigenvalue weighted by Gasteiger charge is -2.19. The van der Waals surface area contributed by atoms with Gasteiger partial charge in [0.2, 0.25) is 0 Å². The maximum Gasteiger partial charge on any atom is 0.159 e. The van der Waals surface area contributed by atoms with Gasteiger partial charge in [0.1, 0.15) is 0 Å². The molecule has 1 heterocycles. The van der Waals surface area contributed by atoms with E-state index in [0.717, 1.165) is 23.9 Å². The minimum Gasteiger partial charge on any atom is -0.306 e. The second-order valence-corrected chi connectivity index (χ2v) is 4.40. The standard InChI is InChI=1S/C15H16F2N2/c1-3-18-15(12-5-4-10(2)19-9-12)11-6-7-13(16)14(17)8-11/h4-9,15,18H,3H2,1-2H3. The second-order valence-electron chi connectivity index (χ2n) is 4.40. The Labute approximate surface area is 111 Å². The Kier molecular flexibility index (Phi) is 4.22. The molecule has 0 radical (unpaired) electrons. The number of halogens is 2. The molecule has 100 valence electrons. The van der Waals surface area contributed by atoms with E-state index < -0.39 is 11.6 Å². The van der Waals surface area contributed by atoms with Crippen LogP contribution in [0.15, 0.2) is 36.5 Å². The summed E-state index contributed by atoms with van der Waals surface area (Å²) in [6.07, 6.45) is 1.75. The molecule has 2 aromatic rings. The van der Waals surface area contributed by atoms with Gasteiger partial charge < -0.3 is 5.32 Å². The van der Waals surface area contributed by atoms with Gasteiger partial charge >= 0.3 is 0 Å². The highest BCUT2D eigenvalue weighted by Gasteiger charge is 2.15. The predicted molar refractivity (Wildman–Crippen MR) is 70.9 cm³/mol. The summed E-state index contributed by atoms with van der Waals surface area (Å²) in [7, 11) is 0. The highest BCUT2D eigenvalue weighted by atomic mass is 19.2. The molecule has 1 aromatic carbocycles. The van der Waals surface area contributed by atoms with Gasteiger partial charge in [-0.05, 0) is 42.8 Å². The van der Waals surface area contributed by atoms with E-state index in [1.54, 1.807) is 12.3 Å². The molecule has 0 bridgehead atoms. The highest BCUT2D eigenvalue weighted by molar-refractivity contribution is 5.31. The quantitative estimate of drug-likeness (QED) is 0.913. The Hall–Kier alpha value is -1.81. The average Bonchev–Trinajstić information content (AvgIpc) is 2.41. The van der Waals surface area contributed by atoms with Gasteiger partial charge in [0.25, 0.3) is 0 Å². The second kappa shape index (κ2) is 5.89. The number of hydrogen-bond acceptors (Lipinski definition) is 2. The molecule has 0 spiro atoms. The van der Waals surface area contributed by atoms with Gasteiger partial charge in [0.05, 0.1) is 6.04 Å². The van der Waals surface area contributed by atoms with Crippen LogP contribution in [0.4, 0.5) is 8.78 Å². The fourth-order valence-corrected chi connectivity index (χ4v) is 1.97. The van der Waals surface area contributed by atoms with Crippen molar-refractivity contribution in [2.24, 2.45) is 0 Å². The fraction of sp³-hybridized carbons (Fsp3) is 0.267. The molecule has 2 rings (SSSR count). The first-order valence-electron chi connectivity index (χ1n) is 6.22. The molecule has 0 fully saturated rings. The van der Waals surface area contributed by atoms with Crippen molar-refractivity contribution in [2.45, 2.75) is 19.9 Å². The van der Waals surface area contributed by atoms with Crippen LogP contribution in [0.1, 0.15) is 29.8 Å². The molecular formula is C15H16F2N2. The number of pyridine rings is 1. The zero-order valence-corrected chi connectivity index (χ0v) is 11.0. The number of hydrogen-bond donors (Lipinski definition) is 1. The van der Waals surface area contributed by atoms with E-state index in [0.29, 0.717) is 5.56 Å². The lowest BCUT2D eigenvalue weighted by atomic mass is 9.99. The van der Waals surface area contributed by atoms with E-state index >= 15 is 0 Å². The highest BCUT2D eigenvalue weighted by Crippen LogP contribution is 2.23. The number of aromatic nitrogens is 1. The van der Waals surface area contributed by atoms with Gasteiger partial charge in [-0.3, -0.25) is 4.98 Å². The van der Waals surface area contributed by atoms with Crippen LogP contribution >= 0.6 is 0 Å². The van der Waals surface area contributed by atoms with Gasteiger partial charge in [-0.15, -0.1) is 0 Å². The number of rotatable bonds is 4. The van der Waals surface area contributed by atoms with Crippen LogP contribution in [0, 0.1) is 18.6 Å². The number of aryl methyl sites for hydroxylation is 1. The largest absolute Gasteiger partial charge is 0.306 e. The fourth-order valence-electron chi connectivity index (χ4n) is 1.97. The van der Waals surface area contributed by atoms with Crippen LogP contribution in [0.5, 0.6) is 0 Å². The summed E-state index contributed by atoms with van der Waals surface area (Å²) < 4.78 is 26.3. The van der Waals surface area contributed by atoms with Crippen molar-refractivity contribution < 1.29 is 8.78 Å². The summed E-state index contributed by atoms with van der Waals surface area (Å²) >= 11 is 0. The first-order valence-corrected chi connectivity index (χ1v) is 6.22. The summed E-state index contributed by atoms with van der Waals surface area (Å²) in [6, 6.07) is 7.62. The van der Waals surface area contributed by atoms with Crippen molar-refractivity contribution in [1.29, 1.82) is 0 Å². The van der Waals surface area contributed by atoms with Crippen LogP contribution in [0.2, 0.25) is 0 Å². The van der Waals surface area contributed by atoms with Crippen LogP contribution in [0.25, 0.3) is 0 Å². The van der Waals surface area contributed by atoms with E-state index in [9.17, 15) is 8.78 Å². The summed E-state index contributed by atoms with van der Waals surface area (Å²) in [5.41, 5.74) is 2.54. The topological polar surface area (TPSA) is 24.9 Å². The SMILES string of the molecule is CCNC(c1ccc(C)nc1)c1ccc(F)c(F)c1. The molecular weight excluding hydrogens is 246 g/mol. The zero-order chi connectivity index (χ0) is 13.8. The predicted octanol–water partition coefficient (Wildman–Crippen LogP) is 3.37. The van der Waals surface area contributed by atoms with Crippen molar-refractivity contribution in [3.05, 3.63) is 65.0 Å². The molecule has 0 saturated carbocycles. The first-order chi connectivity index (χ1) is 9.11.